The fourth-order valence-corrected chi connectivity index (χ4v) is 3.55. The number of amides is 1. The van der Waals surface area contributed by atoms with Gasteiger partial charge in [-0.1, -0.05) is 25.1 Å². The van der Waals surface area contributed by atoms with E-state index in [0.29, 0.717) is 0 Å². The molecule has 1 aliphatic rings. The molecule has 22 heavy (non-hydrogen) atoms. The van der Waals surface area contributed by atoms with Gasteiger partial charge in [-0.2, -0.15) is 0 Å². The van der Waals surface area contributed by atoms with E-state index in [9.17, 15) is 4.79 Å². The maximum absolute atomic E-state index is 12.3. The van der Waals surface area contributed by atoms with Crippen molar-refractivity contribution in [2.45, 2.75) is 29.9 Å². The highest BCUT2D eigenvalue weighted by atomic mass is 32.2. The highest BCUT2D eigenvalue weighted by Crippen LogP contribution is 2.25. The van der Waals surface area contributed by atoms with Crippen LogP contribution in [0.15, 0.2) is 35.2 Å². The molecule has 1 unspecified atom stereocenters. The Bertz CT molecular complexity index is 435. The number of thioether (sulfide) groups is 1. The Kier molecular flexibility index (Phi) is 7.77. The van der Waals surface area contributed by atoms with Gasteiger partial charge in [0.15, 0.2) is 0 Å². The van der Waals surface area contributed by atoms with Gasteiger partial charge in [-0.15, -0.1) is 11.8 Å². The first-order valence-electron chi connectivity index (χ1n) is 8.22. The topological polar surface area (TPSA) is 44.4 Å². The maximum atomic E-state index is 12.3. The van der Waals surface area contributed by atoms with Crippen molar-refractivity contribution in [3.05, 3.63) is 30.3 Å². The van der Waals surface area contributed by atoms with Crippen LogP contribution in [0.4, 0.5) is 0 Å². The summed E-state index contributed by atoms with van der Waals surface area (Å²) in [5.74, 6) is 0.164. The number of hydrogen-bond donors (Lipinski definition) is 2. The fraction of sp³-hybridized carbons (Fsp3) is 0.588. The Labute approximate surface area is 138 Å². The number of hydrogen-bond acceptors (Lipinski definition) is 4. The number of carbonyl (C=O) groups excluding carboxylic acids is 1. The lowest BCUT2D eigenvalue weighted by Gasteiger charge is -2.27. The molecule has 1 fully saturated rings. The number of nitrogens with zero attached hydrogens (tertiary/aromatic N) is 1. The minimum atomic E-state index is 0.00147. The van der Waals surface area contributed by atoms with Crippen LogP contribution in [-0.4, -0.2) is 55.3 Å². The number of piperazine rings is 1. The van der Waals surface area contributed by atoms with Gasteiger partial charge in [0.25, 0.3) is 0 Å². The van der Waals surface area contributed by atoms with E-state index in [1.165, 1.54) is 0 Å². The van der Waals surface area contributed by atoms with Crippen LogP contribution in [0.1, 0.15) is 19.8 Å². The molecule has 0 aromatic heterocycles. The van der Waals surface area contributed by atoms with Crippen molar-refractivity contribution in [1.82, 2.24) is 15.5 Å². The molecular formula is C17H27N3OS. The summed E-state index contributed by atoms with van der Waals surface area (Å²) in [6, 6.07) is 10.2. The first kappa shape index (κ1) is 17.3. The van der Waals surface area contributed by atoms with Gasteiger partial charge >= 0.3 is 0 Å². The molecule has 2 rings (SSSR count). The molecule has 5 heteroatoms. The van der Waals surface area contributed by atoms with Crippen molar-refractivity contribution in [3.8, 4) is 0 Å². The molecule has 1 heterocycles. The summed E-state index contributed by atoms with van der Waals surface area (Å²) >= 11 is 1.65. The predicted molar refractivity (Wildman–Crippen MR) is 93.3 cm³/mol. The predicted octanol–water partition coefficient (Wildman–Crippen LogP) is 1.97. The van der Waals surface area contributed by atoms with Gasteiger partial charge in [-0.05, 0) is 31.5 Å². The zero-order valence-corrected chi connectivity index (χ0v) is 14.2. The molecule has 1 aromatic rings. The van der Waals surface area contributed by atoms with Gasteiger partial charge < -0.3 is 15.5 Å². The smallest absolute Gasteiger partial charge is 0.233 e. The van der Waals surface area contributed by atoms with Gasteiger partial charge in [0.05, 0.1) is 5.25 Å². The van der Waals surface area contributed by atoms with E-state index in [-0.39, 0.29) is 11.2 Å². The molecule has 1 aliphatic heterocycles. The van der Waals surface area contributed by atoms with Crippen LogP contribution in [-0.2, 0) is 4.79 Å². The second-order valence-electron chi connectivity index (χ2n) is 5.56. The minimum absolute atomic E-state index is 0.00147. The van der Waals surface area contributed by atoms with Crippen LogP contribution in [0.5, 0.6) is 0 Å². The molecule has 2 N–H and O–H groups in total. The number of rotatable bonds is 8. The van der Waals surface area contributed by atoms with Gasteiger partial charge in [0.1, 0.15) is 0 Å². The number of benzene rings is 1. The van der Waals surface area contributed by atoms with Crippen molar-refractivity contribution in [1.29, 1.82) is 0 Å². The van der Waals surface area contributed by atoms with E-state index in [4.69, 9.17) is 0 Å². The van der Waals surface area contributed by atoms with Crippen LogP contribution in [0, 0.1) is 0 Å². The Hall–Kier alpha value is -1.04. The fourth-order valence-electron chi connectivity index (χ4n) is 2.55. The maximum Gasteiger partial charge on any atom is 0.233 e. The second-order valence-corrected chi connectivity index (χ2v) is 6.84. The van der Waals surface area contributed by atoms with Crippen LogP contribution < -0.4 is 10.6 Å². The largest absolute Gasteiger partial charge is 0.355 e. The standard InChI is InChI=1S/C17H27N3OS/c1-2-16(22-15-7-4-3-5-8-15)17(21)19-9-6-12-20-13-10-18-11-14-20/h3-5,7-8,16,18H,2,6,9-14H2,1H3,(H,19,21). The molecule has 0 aliphatic carbocycles. The normalized spacial score (nSPS) is 17.1. The molecule has 1 amide bonds. The average molecular weight is 321 g/mol. The van der Waals surface area contributed by atoms with Crippen molar-refractivity contribution in [2.24, 2.45) is 0 Å². The quantitative estimate of drug-likeness (QED) is 0.567. The first-order valence-corrected chi connectivity index (χ1v) is 9.10. The zero-order valence-electron chi connectivity index (χ0n) is 13.4. The molecule has 0 spiro atoms. The summed E-state index contributed by atoms with van der Waals surface area (Å²) < 4.78 is 0. The third-order valence-corrected chi connectivity index (χ3v) is 5.22. The molecule has 0 saturated carbocycles. The Morgan fingerprint density at radius 3 is 2.73 bits per heavy atom. The van der Waals surface area contributed by atoms with Crippen LogP contribution in [0.25, 0.3) is 0 Å². The van der Waals surface area contributed by atoms with Crippen molar-refractivity contribution in [2.75, 3.05) is 39.3 Å². The van der Waals surface area contributed by atoms with E-state index in [1.807, 2.05) is 18.2 Å². The monoisotopic (exact) mass is 321 g/mol. The summed E-state index contributed by atoms with van der Waals surface area (Å²) in [5.41, 5.74) is 0. The van der Waals surface area contributed by atoms with Crippen LogP contribution in [0.3, 0.4) is 0 Å². The van der Waals surface area contributed by atoms with Crippen molar-refractivity contribution in [3.63, 3.8) is 0 Å². The van der Waals surface area contributed by atoms with E-state index in [2.05, 4.69) is 34.6 Å². The van der Waals surface area contributed by atoms with E-state index < -0.39 is 0 Å². The first-order chi connectivity index (χ1) is 10.8. The van der Waals surface area contributed by atoms with Crippen LogP contribution >= 0.6 is 11.8 Å². The molecule has 122 valence electrons. The highest BCUT2D eigenvalue weighted by Gasteiger charge is 2.17. The van der Waals surface area contributed by atoms with Gasteiger partial charge in [0, 0.05) is 37.6 Å². The van der Waals surface area contributed by atoms with Gasteiger partial charge in [-0.25, -0.2) is 0 Å². The van der Waals surface area contributed by atoms with Crippen molar-refractivity contribution >= 4 is 17.7 Å². The molecule has 4 nitrogen and oxygen atoms in total. The third kappa shape index (κ3) is 5.99. The number of carbonyl (C=O) groups is 1. The lowest BCUT2D eigenvalue weighted by Crippen LogP contribution is -2.44. The van der Waals surface area contributed by atoms with Gasteiger partial charge in [-0.3, -0.25) is 4.79 Å². The summed E-state index contributed by atoms with van der Waals surface area (Å²) in [6.07, 6.45) is 1.88. The minimum Gasteiger partial charge on any atom is -0.355 e. The van der Waals surface area contributed by atoms with E-state index in [0.717, 1.165) is 57.0 Å². The molecule has 1 aromatic carbocycles. The summed E-state index contributed by atoms with van der Waals surface area (Å²) in [4.78, 5) is 15.9. The summed E-state index contributed by atoms with van der Waals surface area (Å²) in [7, 11) is 0. The lowest BCUT2D eigenvalue weighted by atomic mass is 10.3. The molecule has 1 atom stereocenters. The molecule has 0 bridgehead atoms. The van der Waals surface area contributed by atoms with E-state index in [1.54, 1.807) is 11.8 Å². The zero-order chi connectivity index (χ0) is 15.6. The molecule has 0 radical (unpaired) electrons. The van der Waals surface area contributed by atoms with Crippen LogP contribution in [0.2, 0.25) is 0 Å². The average Bonchev–Trinajstić information content (AvgIpc) is 2.58. The lowest BCUT2D eigenvalue weighted by molar-refractivity contribution is -0.120. The highest BCUT2D eigenvalue weighted by molar-refractivity contribution is 8.00. The Balaban J connectivity index is 1.66. The molecular weight excluding hydrogens is 294 g/mol. The summed E-state index contributed by atoms with van der Waals surface area (Å²) in [5, 5.41) is 6.45. The van der Waals surface area contributed by atoms with Gasteiger partial charge in [0.2, 0.25) is 5.91 Å². The number of nitrogens with one attached hydrogen (secondary N) is 2. The SMILES string of the molecule is CCC(Sc1ccccc1)C(=O)NCCCN1CCNCC1. The van der Waals surface area contributed by atoms with E-state index >= 15 is 0 Å². The Morgan fingerprint density at radius 1 is 1.32 bits per heavy atom. The van der Waals surface area contributed by atoms with Crippen molar-refractivity contribution < 1.29 is 4.79 Å². The second kappa shape index (κ2) is 9.87. The molecule has 1 saturated heterocycles. The summed E-state index contributed by atoms with van der Waals surface area (Å²) in [6.45, 7) is 8.32. The third-order valence-electron chi connectivity index (χ3n) is 3.84. The Morgan fingerprint density at radius 2 is 2.05 bits per heavy atom.